The molecule has 7 heteroatoms. The lowest BCUT2D eigenvalue weighted by molar-refractivity contribution is 0.597. The molecule has 4 N–H and O–H groups in total. The van der Waals surface area contributed by atoms with Crippen LogP contribution in [-0.4, -0.2) is 22.0 Å². The van der Waals surface area contributed by atoms with E-state index in [4.69, 9.17) is 16.1 Å². The first kappa shape index (κ1) is 14.3. The van der Waals surface area contributed by atoms with Gasteiger partial charge in [0.25, 0.3) is 0 Å². The van der Waals surface area contributed by atoms with E-state index in [1.54, 1.807) is 31.0 Å². The minimum Gasteiger partial charge on any atom is -0.399 e. The molecular weight excluding hydrogens is 252 g/mol. The monoisotopic (exact) mass is 268 g/mol. The third kappa shape index (κ3) is 3.35. The van der Waals surface area contributed by atoms with Gasteiger partial charge in [0.05, 0.1) is 17.7 Å². The minimum atomic E-state index is -3.85. The Morgan fingerprint density at radius 2 is 2.11 bits per heavy atom. The van der Waals surface area contributed by atoms with E-state index in [9.17, 15) is 8.42 Å². The quantitative estimate of drug-likeness (QED) is 0.772. The van der Waals surface area contributed by atoms with Gasteiger partial charge in [-0.05, 0) is 25.1 Å². The number of sulfonamides is 1. The van der Waals surface area contributed by atoms with Gasteiger partial charge in [-0.15, -0.1) is 0 Å². The Labute approximate surface area is 107 Å². The first-order chi connectivity index (χ1) is 8.25. The van der Waals surface area contributed by atoms with Gasteiger partial charge in [0.2, 0.25) is 10.0 Å². The highest BCUT2D eigenvalue weighted by atomic mass is 32.2. The van der Waals surface area contributed by atoms with Gasteiger partial charge in [0.1, 0.15) is 4.90 Å². The van der Waals surface area contributed by atoms with Crippen molar-refractivity contribution in [1.82, 2.24) is 0 Å². The summed E-state index contributed by atoms with van der Waals surface area (Å²) in [7, 11) is -2.15. The number of nitriles is 1. The molecule has 18 heavy (non-hydrogen) atoms. The van der Waals surface area contributed by atoms with Crippen LogP contribution < -0.4 is 15.8 Å². The maximum atomic E-state index is 11.5. The van der Waals surface area contributed by atoms with E-state index < -0.39 is 10.0 Å². The molecule has 0 amide bonds. The second-order valence-corrected chi connectivity index (χ2v) is 5.71. The first-order valence-corrected chi connectivity index (χ1v) is 6.83. The van der Waals surface area contributed by atoms with Crippen LogP contribution in [0.4, 0.5) is 11.4 Å². The van der Waals surface area contributed by atoms with Crippen molar-refractivity contribution in [2.24, 2.45) is 11.1 Å². The van der Waals surface area contributed by atoms with Crippen LogP contribution in [0.2, 0.25) is 0 Å². The lowest BCUT2D eigenvalue weighted by atomic mass is 10.2. The molecule has 0 saturated heterocycles. The van der Waals surface area contributed by atoms with E-state index in [1.165, 1.54) is 6.07 Å². The van der Waals surface area contributed by atoms with Crippen molar-refractivity contribution < 1.29 is 8.42 Å². The first-order valence-electron chi connectivity index (χ1n) is 5.28. The molecule has 1 aromatic carbocycles. The highest BCUT2D eigenvalue weighted by Gasteiger charge is 2.18. The normalized spacial score (nSPS) is 12.8. The Bertz CT molecular complexity index is 577. The summed E-state index contributed by atoms with van der Waals surface area (Å²) >= 11 is 0. The van der Waals surface area contributed by atoms with Crippen molar-refractivity contribution in [1.29, 1.82) is 5.26 Å². The summed E-state index contributed by atoms with van der Waals surface area (Å²) in [6.07, 6.45) is 0. The third-order valence-electron chi connectivity index (χ3n) is 2.47. The fourth-order valence-corrected chi connectivity index (χ4v) is 2.44. The fourth-order valence-electron chi connectivity index (χ4n) is 1.62. The van der Waals surface area contributed by atoms with E-state index in [0.717, 1.165) is 0 Å². The van der Waals surface area contributed by atoms with Crippen molar-refractivity contribution in [3.8, 4) is 6.07 Å². The molecule has 0 aliphatic carbocycles. The second kappa shape index (κ2) is 5.25. The van der Waals surface area contributed by atoms with E-state index in [-0.39, 0.29) is 10.8 Å². The minimum absolute atomic E-state index is 0.0323. The van der Waals surface area contributed by atoms with Crippen molar-refractivity contribution in [3.63, 3.8) is 0 Å². The molecule has 1 atom stereocenters. The van der Waals surface area contributed by atoms with Crippen LogP contribution in [0.1, 0.15) is 6.92 Å². The summed E-state index contributed by atoms with van der Waals surface area (Å²) in [4.78, 5) is 1.64. The van der Waals surface area contributed by atoms with Crippen LogP contribution in [0.15, 0.2) is 23.1 Å². The number of primary sulfonamides is 1. The Morgan fingerprint density at radius 1 is 1.50 bits per heavy atom. The number of nitrogens with zero attached hydrogens (tertiary/aromatic N) is 2. The number of benzene rings is 1. The lowest BCUT2D eigenvalue weighted by Gasteiger charge is -2.22. The van der Waals surface area contributed by atoms with E-state index >= 15 is 0 Å². The molecule has 1 rings (SSSR count). The molecule has 0 heterocycles. The topological polar surface area (TPSA) is 113 Å². The highest BCUT2D eigenvalue weighted by molar-refractivity contribution is 7.89. The SMILES string of the molecule is CC(C#N)CN(C)c1ccc(N)cc1S(N)(=O)=O. The van der Waals surface area contributed by atoms with Crippen LogP contribution in [0.25, 0.3) is 0 Å². The summed E-state index contributed by atoms with van der Waals surface area (Å²) < 4.78 is 23.0. The zero-order valence-corrected chi connectivity index (χ0v) is 11.1. The predicted octanol–water partition coefficient (Wildman–Crippen LogP) is 0.512. The number of nitrogens with two attached hydrogens (primary N) is 2. The van der Waals surface area contributed by atoms with Gasteiger partial charge < -0.3 is 10.6 Å². The van der Waals surface area contributed by atoms with Crippen molar-refractivity contribution in [2.45, 2.75) is 11.8 Å². The summed E-state index contributed by atoms with van der Waals surface area (Å²) in [5.41, 5.74) is 6.32. The van der Waals surface area contributed by atoms with Gasteiger partial charge in [-0.3, -0.25) is 0 Å². The largest absolute Gasteiger partial charge is 0.399 e. The van der Waals surface area contributed by atoms with Gasteiger partial charge >= 0.3 is 0 Å². The van der Waals surface area contributed by atoms with Crippen LogP contribution in [0.5, 0.6) is 0 Å². The summed E-state index contributed by atoms with van der Waals surface area (Å²) in [6.45, 7) is 2.16. The van der Waals surface area contributed by atoms with E-state index in [1.807, 2.05) is 0 Å². The average Bonchev–Trinajstić information content (AvgIpc) is 2.27. The van der Waals surface area contributed by atoms with Gasteiger partial charge in [-0.1, -0.05) is 0 Å². The molecule has 6 nitrogen and oxygen atoms in total. The van der Waals surface area contributed by atoms with Crippen LogP contribution in [0, 0.1) is 17.2 Å². The molecule has 1 unspecified atom stereocenters. The summed E-state index contributed by atoms with van der Waals surface area (Å²) in [5, 5.41) is 13.9. The van der Waals surface area contributed by atoms with Crippen molar-refractivity contribution >= 4 is 21.4 Å². The number of nitrogen functional groups attached to an aromatic ring is 1. The molecule has 0 radical (unpaired) electrons. The molecule has 0 aliphatic heterocycles. The summed E-state index contributed by atoms with van der Waals surface area (Å²) in [6, 6.07) is 6.58. The maximum absolute atomic E-state index is 11.5. The molecule has 0 bridgehead atoms. The van der Waals surface area contributed by atoms with E-state index in [2.05, 4.69) is 6.07 Å². The van der Waals surface area contributed by atoms with Crippen LogP contribution in [-0.2, 0) is 10.0 Å². The Balaban J connectivity index is 3.21. The molecule has 98 valence electrons. The third-order valence-corrected chi connectivity index (χ3v) is 3.41. The van der Waals surface area contributed by atoms with Crippen LogP contribution in [0.3, 0.4) is 0 Å². The molecule has 0 aliphatic rings. The van der Waals surface area contributed by atoms with Crippen molar-refractivity contribution in [2.75, 3.05) is 24.2 Å². The average molecular weight is 268 g/mol. The van der Waals surface area contributed by atoms with Crippen molar-refractivity contribution in [3.05, 3.63) is 18.2 Å². The zero-order valence-electron chi connectivity index (χ0n) is 10.3. The summed E-state index contributed by atoms with van der Waals surface area (Å²) in [5.74, 6) is -0.221. The zero-order chi connectivity index (χ0) is 13.9. The maximum Gasteiger partial charge on any atom is 0.240 e. The number of hydrogen-bond donors (Lipinski definition) is 2. The molecular formula is C11H16N4O2S. The predicted molar refractivity (Wildman–Crippen MR) is 70.3 cm³/mol. The standard InChI is InChI=1S/C11H16N4O2S/c1-8(6-12)7-15(2)10-4-3-9(13)5-11(10)18(14,16)17/h3-5,8H,7,13H2,1-2H3,(H2,14,16,17). The van der Waals surface area contributed by atoms with Crippen LogP contribution >= 0.6 is 0 Å². The number of hydrogen-bond acceptors (Lipinski definition) is 5. The van der Waals surface area contributed by atoms with Gasteiger partial charge in [0, 0.05) is 19.3 Å². The smallest absolute Gasteiger partial charge is 0.240 e. The number of anilines is 2. The van der Waals surface area contributed by atoms with Gasteiger partial charge in [-0.25, -0.2) is 13.6 Å². The van der Waals surface area contributed by atoms with Gasteiger partial charge in [-0.2, -0.15) is 5.26 Å². The molecule has 0 aromatic heterocycles. The lowest BCUT2D eigenvalue weighted by Crippen LogP contribution is -2.26. The fraction of sp³-hybridized carbons (Fsp3) is 0.364. The molecule has 0 saturated carbocycles. The highest BCUT2D eigenvalue weighted by Crippen LogP contribution is 2.26. The molecule has 0 fully saturated rings. The Hall–Kier alpha value is -1.78. The molecule has 0 spiro atoms. The van der Waals surface area contributed by atoms with E-state index in [0.29, 0.717) is 17.9 Å². The second-order valence-electron chi connectivity index (χ2n) is 4.18. The number of rotatable bonds is 4. The van der Waals surface area contributed by atoms with Gasteiger partial charge in [0.15, 0.2) is 0 Å². The Kier molecular flexibility index (Phi) is 4.16. The molecule has 1 aromatic rings. The Morgan fingerprint density at radius 3 is 2.61 bits per heavy atom.